The second-order valence-electron chi connectivity index (χ2n) is 9.46. The first-order chi connectivity index (χ1) is 13.0. The fourth-order valence-corrected chi connectivity index (χ4v) is 3.78. The lowest BCUT2D eigenvalue weighted by atomic mass is 9.82. The molecule has 0 aliphatic carbocycles. The fourth-order valence-electron chi connectivity index (χ4n) is 3.42. The van der Waals surface area contributed by atoms with Gasteiger partial charge in [-0.25, -0.2) is 4.57 Å². The van der Waals surface area contributed by atoms with Gasteiger partial charge in [-0.3, -0.25) is 4.52 Å². The molecule has 0 aromatic rings. The second-order valence-corrected chi connectivity index (χ2v) is 10.7. The third kappa shape index (κ3) is 19.4. The Labute approximate surface area is 172 Å². The maximum Gasteiger partial charge on any atom is 0.469 e. The first-order valence-corrected chi connectivity index (χ1v) is 12.4. The van der Waals surface area contributed by atoms with Crippen molar-refractivity contribution >= 4 is 7.82 Å². The van der Waals surface area contributed by atoms with Crippen LogP contribution in [0.5, 0.6) is 0 Å². The summed E-state index contributed by atoms with van der Waals surface area (Å²) in [4.78, 5) is 17.3. The van der Waals surface area contributed by atoms with E-state index in [1.54, 1.807) is 0 Å². The lowest BCUT2D eigenvalue weighted by Gasteiger charge is -2.24. The minimum atomic E-state index is -4.33. The number of ether oxygens (including phenoxy) is 1. The number of unbranched alkanes of at least 4 members (excludes halogenated alkanes) is 3. The van der Waals surface area contributed by atoms with Gasteiger partial charge in [0, 0.05) is 19.8 Å². The van der Waals surface area contributed by atoms with Crippen molar-refractivity contribution in [1.29, 1.82) is 0 Å². The molecule has 0 aliphatic rings. The number of phosphoric acid groups is 1. The minimum Gasteiger partial charge on any atom is -0.396 e. The Morgan fingerprint density at radius 1 is 0.679 bits per heavy atom. The van der Waals surface area contributed by atoms with Crippen LogP contribution in [0.3, 0.4) is 0 Å². The third-order valence-electron chi connectivity index (χ3n) is 5.30. The zero-order chi connectivity index (χ0) is 21.5. The van der Waals surface area contributed by atoms with Gasteiger partial charge in [0.05, 0.1) is 6.61 Å². The van der Waals surface area contributed by atoms with Gasteiger partial charge >= 0.3 is 7.82 Å². The van der Waals surface area contributed by atoms with Crippen molar-refractivity contribution in [3.8, 4) is 0 Å². The topological polar surface area (TPSA) is 96.2 Å². The molecule has 0 unspecified atom stereocenters. The van der Waals surface area contributed by atoms with Crippen LogP contribution in [0.2, 0.25) is 0 Å². The molecule has 0 fully saturated rings. The average Bonchev–Trinajstić information content (AvgIpc) is 2.56. The number of hydrogen-bond acceptors (Lipinski definition) is 4. The smallest absolute Gasteiger partial charge is 0.396 e. The van der Waals surface area contributed by atoms with Crippen molar-refractivity contribution in [2.75, 3.05) is 26.4 Å². The molecule has 6 nitrogen and oxygen atoms in total. The number of aliphatic hydroxyl groups is 1. The van der Waals surface area contributed by atoms with E-state index in [0.717, 1.165) is 58.2 Å². The van der Waals surface area contributed by atoms with Gasteiger partial charge in [-0.1, -0.05) is 47.0 Å². The van der Waals surface area contributed by atoms with Gasteiger partial charge in [0.2, 0.25) is 0 Å². The molecule has 0 aliphatic heterocycles. The molecule has 0 aromatic heterocycles. The second kappa shape index (κ2) is 14.9. The Morgan fingerprint density at radius 2 is 1.11 bits per heavy atom. The van der Waals surface area contributed by atoms with E-state index in [-0.39, 0.29) is 12.0 Å². The first-order valence-electron chi connectivity index (χ1n) is 10.9. The normalized spacial score (nSPS) is 13.2. The van der Waals surface area contributed by atoms with Crippen molar-refractivity contribution in [3.05, 3.63) is 0 Å². The quantitative estimate of drug-likeness (QED) is 0.188. The van der Waals surface area contributed by atoms with Crippen molar-refractivity contribution in [2.24, 2.45) is 10.8 Å². The van der Waals surface area contributed by atoms with Crippen LogP contribution in [0.25, 0.3) is 0 Å². The van der Waals surface area contributed by atoms with E-state index in [2.05, 4.69) is 32.2 Å². The molecule has 0 rings (SSSR count). The molecular formula is C21H45O6P. The SMILES string of the molecule is CC(C)(CCCCO)CCCCOCCCCC(C)(C)CCCOP(=O)(O)O. The first kappa shape index (κ1) is 28.0. The van der Waals surface area contributed by atoms with Crippen molar-refractivity contribution in [3.63, 3.8) is 0 Å². The predicted molar refractivity (Wildman–Crippen MR) is 114 cm³/mol. The van der Waals surface area contributed by atoms with E-state index in [1.807, 2.05) is 0 Å². The summed E-state index contributed by atoms with van der Waals surface area (Å²) in [7, 11) is -4.33. The highest BCUT2D eigenvalue weighted by Gasteiger charge is 2.19. The van der Waals surface area contributed by atoms with Gasteiger partial charge in [0.15, 0.2) is 0 Å². The average molecular weight is 425 g/mol. The lowest BCUT2D eigenvalue weighted by Crippen LogP contribution is -2.13. The zero-order valence-electron chi connectivity index (χ0n) is 18.6. The summed E-state index contributed by atoms with van der Waals surface area (Å²) in [6.45, 7) is 11.0. The van der Waals surface area contributed by atoms with Gasteiger partial charge in [-0.15, -0.1) is 0 Å². The highest BCUT2D eigenvalue weighted by molar-refractivity contribution is 7.46. The van der Waals surface area contributed by atoms with E-state index < -0.39 is 7.82 Å². The van der Waals surface area contributed by atoms with Crippen LogP contribution in [0.4, 0.5) is 0 Å². The highest BCUT2D eigenvalue weighted by atomic mass is 31.2. The number of phosphoric ester groups is 1. The van der Waals surface area contributed by atoms with Crippen LogP contribution in [0.15, 0.2) is 0 Å². The maximum absolute atomic E-state index is 10.6. The molecule has 0 bridgehead atoms. The molecule has 0 amide bonds. The molecule has 0 aromatic carbocycles. The van der Waals surface area contributed by atoms with E-state index in [0.29, 0.717) is 18.4 Å². The van der Waals surface area contributed by atoms with Gasteiger partial charge < -0.3 is 19.6 Å². The summed E-state index contributed by atoms with van der Waals surface area (Å²) in [6, 6.07) is 0. The van der Waals surface area contributed by atoms with Crippen molar-refractivity contribution < 1.29 is 28.7 Å². The van der Waals surface area contributed by atoms with Crippen molar-refractivity contribution in [2.45, 2.75) is 98.3 Å². The van der Waals surface area contributed by atoms with Crippen LogP contribution in [0.1, 0.15) is 98.3 Å². The van der Waals surface area contributed by atoms with Gasteiger partial charge in [-0.05, 0) is 62.2 Å². The van der Waals surface area contributed by atoms with Crippen LogP contribution >= 0.6 is 7.82 Å². The number of rotatable bonds is 19. The number of aliphatic hydroxyl groups excluding tert-OH is 1. The molecule has 3 N–H and O–H groups in total. The standard InChI is InChI=1S/C21H45O6P/c1-20(2,12-5-8-16-22)13-6-9-17-26-18-10-7-14-21(3,4)15-11-19-27-28(23,24)25/h22H,5-19H2,1-4H3,(H2,23,24,25). The van der Waals surface area contributed by atoms with E-state index in [1.165, 1.54) is 19.3 Å². The summed E-state index contributed by atoms with van der Waals surface area (Å²) in [6.07, 6.45) is 11.5. The molecule has 0 heterocycles. The molecule has 0 spiro atoms. The van der Waals surface area contributed by atoms with E-state index in [9.17, 15) is 4.57 Å². The maximum atomic E-state index is 10.6. The molecule has 0 saturated carbocycles. The lowest BCUT2D eigenvalue weighted by molar-refractivity contribution is 0.119. The monoisotopic (exact) mass is 424 g/mol. The zero-order valence-corrected chi connectivity index (χ0v) is 19.5. The Bertz CT molecular complexity index is 419. The fraction of sp³-hybridized carbons (Fsp3) is 1.00. The Kier molecular flexibility index (Phi) is 14.9. The summed E-state index contributed by atoms with van der Waals surface area (Å²) in [5.41, 5.74) is 0.511. The predicted octanol–water partition coefficient (Wildman–Crippen LogP) is 5.45. The Hall–Kier alpha value is 0.0300. The van der Waals surface area contributed by atoms with Gasteiger partial charge in [-0.2, -0.15) is 0 Å². The summed E-state index contributed by atoms with van der Waals surface area (Å²) in [5, 5.41) is 8.87. The molecule has 0 saturated heterocycles. The Balaban J connectivity index is 3.56. The van der Waals surface area contributed by atoms with Gasteiger partial charge in [0.25, 0.3) is 0 Å². The molecule has 170 valence electrons. The molecule has 28 heavy (non-hydrogen) atoms. The summed E-state index contributed by atoms with van der Waals surface area (Å²) in [5.74, 6) is 0. The summed E-state index contributed by atoms with van der Waals surface area (Å²) < 4.78 is 20.9. The molecule has 0 radical (unpaired) electrons. The van der Waals surface area contributed by atoms with Crippen LogP contribution < -0.4 is 0 Å². The largest absolute Gasteiger partial charge is 0.469 e. The van der Waals surface area contributed by atoms with Crippen molar-refractivity contribution in [1.82, 2.24) is 0 Å². The molecular weight excluding hydrogens is 379 g/mol. The van der Waals surface area contributed by atoms with Crippen LogP contribution in [-0.4, -0.2) is 41.3 Å². The number of hydrogen-bond donors (Lipinski definition) is 3. The van der Waals surface area contributed by atoms with Gasteiger partial charge in [0.1, 0.15) is 0 Å². The van der Waals surface area contributed by atoms with Crippen LogP contribution in [0, 0.1) is 10.8 Å². The molecule has 0 atom stereocenters. The van der Waals surface area contributed by atoms with E-state index in [4.69, 9.17) is 19.6 Å². The highest BCUT2D eigenvalue weighted by Crippen LogP contribution is 2.37. The minimum absolute atomic E-state index is 0.106. The van der Waals surface area contributed by atoms with Crippen LogP contribution in [-0.2, 0) is 13.8 Å². The molecule has 7 heteroatoms. The Morgan fingerprint density at radius 3 is 1.54 bits per heavy atom. The summed E-state index contributed by atoms with van der Waals surface area (Å²) >= 11 is 0. The van der Waals surface area contributed by atoms with E-state index >= 15 is 0 Å². The third-order valence-corrected chi connectivity index (χ3v) is 5.82.